The highest BCUT2D eigenvalue weighted by Gasteiger charge is 2.08. The molecule has 2 aromatic carbocycles. The molecule has 4 heteroatoms. The number of halogens is 2. The fourth-order valence-electron chi connectivity index (χ4n) is 2.01. The summed E-state index contributed by atoms with van der Waals surface area (Å²) in [5.41, 5.74) is 1.20. The average molecular weight is 369 g/mol. The summed E-state index contributed by atoms with van der Waals surface area (Å²) in [6.45, 7) is 5.32. The molecule has 0 spiro atoms. The van der Waals surface area contributed by atoms with Gasteiger partial charge in [-0.1, -0.05) is 46.6 Å². The van der Waals surface area contributed by atoms with Crippen molar-refractivity contribution in [2.45, 2.75) is 26.3 Å². The van der Waals surface area contributed by atoms with Crippen LogP contribution in [-0.2, 0) is 0 Å². The maximum absolute atomic E-state index is 6.16. The molecule has 0 radical (unpaired) electrons. The molecule has 2 nitrogen and oxygen atoms in total. The Bertz CT molecular complexity index is 603. The number of hydrogen-bond acceptors (Lipinski definition) is 2. The van der Waals surface area contributed by atoms with Crippen LogP contribution in [-0.4, -0.2) is 6.54 Å². The van der Waals surface area contributed by atoms with E-state index in [4.69, 9.17) is 16.3 Å². The first-order chi connectivity index (χ1) is 10.1. The van der Waals surface area contributed by atoms with Crippen LogP contribution in [0.3, 0.4) is 0 Å². The van der Waals surface area contributed by atoms with Crippen molar-refractivity contribution in [3.05, 3.63) is 57.5 Å². The molecular formula is C17H19BrClNO. The summed E-state index contributed by atoms with van der Waals surface area (Å²) in [6, 6.07) is 14.0. The van der Waals surface area contributed by atoms with E-state index in [0.717, 1.165) is 23.2 Å². The van der Waals surface area contributed by atoms with Crippen molar-refractivity contribution in [3.63, 3.8) is 0 Å². The van der Waals surface area contributed by atoms with Gasteiger partial charge in [0.1, 0.15) is 11.5 Å². The van der Waals surface area contributed by atoms with Gasteiger partial charge in [-0.05, 0) is 55.8 Å². The summed E-state index contributed by atoms with van der Waals surface area (Å²) in [7, 11) is 0. The van der Waals surface area contributed by atoms with Gasteiger partial charge < -0.3 is 10.1 Å². The van der Waals surface area contributed by atoms with Gasteiger partial charge in [0.2, 0.25) is 0 Å². The highest BCUT2D eigenvalue weighted by Crippen LogP contribution is 2.32. The van der Waals surface area contributed by atoms with E-state index in [-0.39, 0.29) is 0 Å². The van der Waals surface area contributed by atoms with Crippen LogP contribution in [0.2, 0.25) is 5.02 Å². The molecule has 0 saturated heterocycles. The zero-order chi connectivity index (χ0) is 15.2. The van der Waals surface area contributed by atoms with Gasteiger partial charge >= 0.3 is 0 Å². The lowest BCUT2D eigenvalue weighted by atomic mass is 10.1. The maximum atomic E-state index is 6.16. The summed E-state index contributed by atoms with van der Waals surface area (Å²) >= 11 is 9.59. The van der Waals surface area contributed by atoms with Gasteiger partial charge in [0.25, 0.3) is 0 Å². The molecule has 0 fully saturated rings. The van der Waals surface area contributed by atoms with Crippen LogP contribution in [0.5, 0.6) is 11.5 Å². The standard InChI is InChI=1S/C17H19BrClNO/c1-3-9-20-12(2)13-5-4-6-15(10-13)21-17-11-14(18)7-8-16(17)19/h4-8,10-12,20H,3,9H2,1-2H3. The van der Waals surface area contributed by atoms with E-state index < -0.39 is 0 Å². The zero-order valence-electron chi connectivity index (χ0n) is 12.2. The lowest BCUT2D eigenvalue weighted by Gasteiger charge is -2.15. The molecule has 21 heavy (non-hydrogen) atoms. The average Bonchev–Trinajstić information content (AvgIpc) is 2.49. The Kier molecular flexibility index (Phi) is 6.09. The highest BCUT2D eigenvalue weighted by atomic mass is 79.9. The first-order valence-corrected chi connectivity index (χ1v) is 8.23. The Morgan fingerprint density at radius 2 is 2.05 bits per heavy atom. The molecule has 1 atom stereocenters. The van der Waals surface area contributed by atoms with Crippen LogP contribution >= 0.6 is 27.5 Å². The van der Waals surface area contributed by atoms with Crippen molar-refractivity contribution >= 4 is 27.5 Å². The normalized spacial score (nSPS) is 12.2. The van der Waals surface area contributed by atoms with Crippen LogP contribution in [0.1, 0.15) is 31.9 Å². The van der Waals surface area contributed by atoms with Gasteiger partial charge in [0, 0.05) is 10.5 Å². The summed E-state index contributed by atoms with van der Waals surface area (Å²) in [6.07, 6.45) is 1.12. The van der Waals surface area contributed by atoms with Crippen molar-refractivity contribution in [1.82, 2.24) is 5.32 Å². The molecule has 0 saturated carbocycles. The fourth-order valence-corrected chi connectivity index (χ4v) is 2.50. The van der Waals surface area contributed by atoms with E-state index in [9.17, 15) is 0 Å². The second-order valence-electron chi connectivity index (χ2n) is 4.93. The quantitative estimate of drug-likeness (QED) is 0.679. The minimum Gasteiger partial charge on any atom is -0.456 e. The van der Waals surface area contributed by atoms with Crippen molar-refractivity contribution < 1.29 is 4.74 Å². The van der Waals surface area contributed by atoms with Crippen molar-refractivity contribution in [1.29, 1.82) is 0 Å². The fraction of sp³-hybridized carbons (Fsp3) is 0.294. The lowest BCUT2D eigenvalue weighted by molar-refractivity contribution is 0.479. The second-order valence-corrected chi connectivity index (χ2v) is 6.25. The van der Waals surface area contributed by atoms with E-state index >= 15 is 0 Å². The smallest absolute Gasteiger partial charge is 0.147 e. The monoisotopic (exact) mass is 367 g/mol. The molecule has 0 bridgehead atoms. The van der Waals surface area contributed by atoms with Gasteiger partial charge in [0.05, 0.1) is 5.02 Å². The third kappa shape index (κ3) is 4.73. The minimum absolute atomic E-state index is 0.298. The zero-order valence-corrected chi connectivity index (χ0v) is 14.5. The summed E-state index contributed by atoms with van der Waals surface area (Å²) in [4.78, 5) is 0. The largest absolute Gasteiger partial charge is 0.456 e. The molecule has 0 heterocycles. The van der Waals surface area contributed by atoms with E-state index in [2.05, 4.69) is 41.2 Å². The van der Waals surface area contributed by atoms with E-state index in [1.807, 2.05) is 36.4 Å². The minimum atomic E-state index is 0.298. The summed E-state index contributed by atoms with van der Waals surface area (Å²) in [5.74, 6) is 1.44. The molecule has 1 unspecified atom stereocenters. The van der Waals surface area contributed by atoms with Crippen molar-refractivity contribution in [2.75, 3.05) is 6.54 Å². The van der Waals surface area contributed by atoms with Gasteiger partial charge in [-0.25, -0.2) is 0 Å². The van der Waals surface area contributed by atoms with Crippen molar-refractivity contribution in [3.8, 4) is 11.5 Å². The van der Waals surface area contributed by atoms with E-state index in [0.29, 0.717) is 16.8 Å². The van der Waals surface area contributed by atoms with E-state index in [1.54, 1.807) is 0 Å². The number of benzene rings is 2. The van der Waals surface area contributed by atoms with Gasteiger partial charge in [-0.2, -0.15) is 0 Å². The molecule has 0 aliphatic heterocycles. The van der Waals surface area contributed by atoms with Crippen LogP contribution in [0.15, 0.2) is 46.9 Å². The molecule has 112 valence electrons. The lowest BCUT2D eigenvalue weighted by Crippen LogP contribution is -2.19. The van der Waals surface area contributed by atoms with Crippen molar-refractivity contribution in [2.24, 2.45) is 0 Å². The molecule has 1 N–H and O–H groups in total. The predicted molar refractivity (Wildman–Crippen MR) is 92.4 cm³/mol. The summed E-state index contributed by atoms with van der Waals surface area (Å²) < 4.78 is 6.84. The first-order valence-electron chi connectivity index (χ1n) is 7.06. The molecule has 0 aliphatic rings. The third-order valence-electron chi connectivity index (χ3n) is 3.18. The van der Waals surface area contributed by atoms with Gasteiger partial charge in [-0.3, -0.25) is 0 Å². The highest BCUT2D eigenvalue weighted by molar-refractivity contribution is 9.10. The maximum Gasteiger partial charge on any atom is 0.147 e. The van der Waals surface area contributed by atoms with E-state index in [1.165, 1.54) is 5.56 Å². The summed E-state index contributed by atoms with van der Waals surface area (Å²) in [5, 5.41) is 4.07. The Morgan fingerprint density at radius 1 is 1.24 bits per heavy atom. The van der Waals surface area contributed by atoms with Crippen LogP contribution in [0, 0.1) is 0 Å². The number of rotatable bonds is 6. The predicted octanol–water partition coefficient (Wildman–Crippen LogP) is 5.96. The first kappa shape index (κ1) is 16.3. The molecule has 0 amide bonds. The number of nitrogens with one attached hydrogen (secondary N) is 1. The van der Waals surface area contributed by atoms with Gasteiger partial charge in [0.15, 0.2) is 0 Å². The molecule has 0 aromatic heterocycles. The molecule has 2 aromatic rings. The van der Waals surface area contributed by atoms with Crippen LogP contribution < -0.4 is 10.1 Å². The third-order valence-corrected chi connectivity index (χ3v) is 3.99. The molecule has 2 rings (SSSR count). The SMILES string of the molecule is CCCNC(C)c1cccc(Oc2cc(Br)ccc2Cl)c1. The Labute approximate surface area is 139 Å². The Hall–Kier alpha value is -1.03. The number of hydrogen-bond donors (Lipinski definition) is 1. The number of ether oxygens (including phenoxy) is 1. The Balaban J connectivity index is 2.15. The Morgan fingerprint density at radius 3 is 2.81 bits per heavy atom. The second kappa shape index (κ2) is 7.83. The van der Waals surface area contributed by atoms with Gasteiger partial charge in [-0.15, -0.1) is 0 Å². The molecular weight excluding hydrogens is 350 g/mol. The van der Waals surface area contributed by atoms with Crippen LogP contribution in [0.4, 0.5) is 0 Å². The van der Waals surface area contributed by atoms with Crippen LogP contribution in [0.25, 0.3) is 0 Å². The molecule has 0 aliphatic carbocycles. The topological polar surface area (TPSA) is 21.3 Å².